The van der Waals surface area contributed by atoms with Crippen molar-refractivity contribution in [3.05, 3.63) is 33.4 Å². The Kier molecular flexibility index (Phi) is 5.61. The predicted octanol–water partition coefficient (Wildman–Crippen LogP) is 1.84. The van der Waals surface area contributed by atoms with Crippen LogP contribution in [0.2, 0.25) is 0 Å². The molecule has 1 heterocycles. The molecule has 1 atom stereocenters. The van der Waals surface area contributed by atoms with Crippen LogP contribution < -0.4 is 4.72 Å². The minimum Gasteiger partial charge on any atom is -0.334 e. The van der Waals surface area contributed by atoms with Gasteiger partial charge >= 0.3 is 0 Å². The lowest BCUT2D eigenvalue weighted by atomic mass is 10.0. The van der Waals surface area contributed by atoms with Crippen LogP contribution in [0.25, 0.3) is 0 Å². The summed E-state index contributed by atoms with van der Waals surface area (Å²) in [6.45, 7) is 0.967. The van der Waals surface area contributed by atoms with Crippen molar-refractivity contribution in [2.24, 2.45) is 0 Å². The van der Waals surface area contributed by atoms with E-state index in [-0.39, 0.29) is 18.5 Å². The van der Waals surface area contributed by atoms with Crippen molar-refractivity contribution in [1.29, 1.82) is 0 Å². The van der Waals surface area contributed by atoms with Crippen LogP contribution in [-0.4, -0.2) is 44.6 Å². The first-order chi connectivity index (χ1) is 9.87. The van der Waals surface area contributed by atoms with Crippen molar-refractivity contribution in [2.75, 3.05) is 19.3 Å². The largest absolute Gasteiger partial charge is 0.334 e. The van der Waals surface area contributed by atoms with E-state index in [0.29, 0.717) is 12.1 Å². The molecule has 1 aliphatic heterocycles. The third-order valence-electron chi connectivity index (χ3n) is 3.54. The highest BCUT2D eigenvalue weighted by Gasteiger charge is 2.28. The van der Waals surface area contributed by atoms with Gasteiger partial charge in [-0.15, -0.1) is 0 Å². The van der Waals surface area contributed by atoms with Crippen molar-refractivity contribution in [3.8, 4) is 0 Å². The molecule has 5 nitrogen and oxygen atoms in total. The smallest absolute Gasteiger partial charge is 0.254 e. The van der Waals surface area contributed by atoms with Gasteiger partial charge in [0.15, 0.2) is 0 Å². The van der Waals surface area contributed by atoms with Gasteiger partial charge in [0.2, 0.25) is 10.0 Å². The van der Waals surface area contributed by atoms with E-state index < -0.39 is 10.0 Å². The fourth-order valence-corrected chi connectivity index (χ4v) is 3.55. The van der Waals surface area contributed by atoms with E-state index in [0.717, 1.165) is 29.1 Å². The van der Waals surface area contributed by atoms with Gasteiger partial charge in [0.1, 0.15) is 0 Å². The van der Waals surface area contributed by atoms with Crippen molar-refractivity contribution in [1.82, 2.24) is 9.62 Å². The van der Waals surface area contributed by atoms with E-state index in [1.165, 1.54) is 0 Å². The summed E-state index contributed by atoms with van der Waals surface area (Å²) in [5.74, 6) is -0.0199. The Morgan fingerprint density at radius 2 is 2.19 bits per heavy atom. The number of hydrogen-bond acceptors (Lipinski definition) is 3. The first-order valence-corrected chi connectivity index (χ1v) is 9.85. The number of halogens is 1. The maximum atomic E-state index is 12.6. The topological polar surface area (TPSA) is 66.5 Å². The molecule has 1 aromatic carbocycles. The molecule has 0 radical (unpaired) electrons. The number of benzene rings is 1. The lowest BCUT2D eigenvalue weighted by Gasteiger charge is -2.35. The average Bonchev–Trinajstić information content (AvgIpc) is 2.44. The zero-order chi connectivity index (χ0) is 15.5. The van der Waals surface area contributed by atoms with Crippen LogP contribution in [0.5, 0.6) is 0 Å². The number of likely N-dealkylation sites (tertiary alicyclic amines) is 1. The monoisotopic (exact) mass is 422 g/mol. The Morgan fingerprint density at radius 1 is 1.43 bits per heavy atom. The number of carbonyl (C=O) groups is 1. The van der Waals surface area contributed by atoms with Crippen LogP contribution in [0.1, 0.15) is 29.6 Å². The van der Waals surface area contributed by atoms with Gasteiger partial charge in [0, 0.05) is 28.3 Å². The van der Waals surface area contributed by atoms with E-state index in [2.05, 4.69) is 27.3 Å². The summed E-state index contributed by atoms with van der Waals surface area (Å²) in [4.78, 5) is 14.4. The van der Waals surface area contributed by atoms with Crippen molar-refractivity contribution >= 4 is 38.5 Å². The Morgan fingerprint density at radius 3 is 2.86 bits per heavy atom. The number of carbonyl (C=O) groups excluding carboxylic acids is 1. The second-order valence-corrected chi connectivity index (χ2v) is 8.36. The zero-order valence-corrected chi connectivity index (χ0v) is 14.9. The second-order valence-electron chi connectivity index (χ2n) is 5.28. The molecular formula is C14H19IN2O3S. The summed E-state index contributed by atoms with van der Waals surface area (Å²) in [6.07, 6.45) is 3.96. The summed E-state index contributed by atoms with van der Waals surface area (Å²) < 4.78 is 26.0. The molecule has 21 heavy (non-hydrogen) atoms. The van der Waals surface area contributed by atoms with E-state index in [9.17, 15) is 13.2 Å². The minimum atomic E-state index is -3.23. The van der Waals surface area contributed by atoms with Crippen molar-refractivity contribution < 1.29 is 13.2 Å². The van der Waals surface area contributed by atoms with Crippen molar-refractivity contribution in [2.45, 2.75) is 25.3 Å². The van der Waals surface area contributed by atoms with Crippen LogP contribution >= 0.6 is 22.6 Å². The molecule has 1 N–H and O–H groups in total. The highest BCUT2D eigenvalue weighted by Crippen LogP contribution is 2.20. The molecule has 116 valence electrons. The van der Waals surface area contributed by atoms with Crippen molar-refractivity contribution in [3.63, 3.8) is 0 Å². The van der Waals surface area contributed by atoms with Gasteiger partial charge in [-0.1, -0.05) is 6.07 Å². The lowest BCUT2D eigenvalue weighted by molar-refractivity contribution is 0.0618. The molecule has 2 rings (SSSR count). The summed E-state index contributed by atoms with van der Waals surface area (Å²) in [7, 11) is -3.23. The number of amides is 1. The molecular weight excluding hydrogens is 403 g/mol. The molecule has 0 spiro atoms. The SMILES string of the molecule is CS(=O)(=O)NC[C@@H]1CCCCN1C(=O)c1cccc(I)c1. The third-order valence-corrected chi connectivity index (χ3v) is 4.90. The lowest BCUT2D eigenvalue weighted by Crippen LogP contribution is -2.49. The Hall–Kier alpha value is -0.670. The minimum absolute atomic E-state index is 0.0199. The van der Waals surface area contributed by atoms with Crippen LogP contribution in [0.3, 0.4) is 0 Å². The molecule has 0 bridgehead atoms. The second kappa shape index (κ2) is 7.06. The van der Waals surface area contributed by atoms with Crippen LogP contribution in [0.15, 0.2) is 24.3 Å². The van der Waals surface area contributed by atoms with Crippen LogP contribution in [-0.2, 0) is 10.0 Å². The van der Waals surface area contributed by atoms with E-state index in [4.69, 9.17) is 0 Å². The number of nitrogens with one attached hydrogen (secondary N) is 1. The predicted molar refractivity (Wildman–Crippen MR) is 90.7 cm³/mol. The van der Waals surface area contributed by atoms with Crippen LogP contribution in [0, 0.1) is 3.57 Å². The Balaban J connectivity index is 2.12. The van der Waals surface area contributed by atoms with Gasteiger partial charge in [-0.2, -0.15) is 0 Å². The molecule has 0 saturated carbocycles. The van der Waals surface area contributed by atoms with Gasteiger partial charge in [0.25, 0.3) is 5.91 Å². The number of piperidine rings is 1. The van der Waals surface area contributed by atoms with Gasteiger partial charge in [-0.3, -0.25) is 4.79 Å². The number of rotatable bonds is 4. The third kappa shape index (κ3) is 4.93. The summed E-state index contributed by atoms with van der Waals surface area (Å²) in [5, 5.41) is 0. The Bertz CT molecular complexity index is 618. The fraction of sp³-hybridized carbons (Fsp3) is 0.500. The summed E-state index contributed by atoms with van der Waals surface area (Å²) in [5.41, 5.74) is 0.660. The molecule has 0 aliphatic carbocycles. The normalized spacial score (nSPS) is 19.5. The molecule has 1 aliphatic rings. The molecule has 1 aromatic rings. The van der Waals surface area contributed by atoms with Gasteiger partial charge in [0.05, 0.1) is 6.26 Å². The average molecular weight is 422 g/mol. The molecule has 1 amide bonds. The van der Waals surface area contributed by atoms with E-state index in [1.807, 2.05) is 18.2 Å². The summed E-state index contributed by atoms with van der Waals surface area (Å²) >= 11 is 2.18. The highest BCUT2D eigenvalue weighted by molar-refractivity contribution is 14.1. The first kappa shape index (κ1) is 16.7. The zero-order valence-electron chi connectivity index (χ0n) is 11.9. The van der Waals surface area contributed by atoms with Gasteiger partial charge < -0.3 is 4.90 Å². The maximum absolute atomic E-state index is 12.6. The quantitative estimate of drug-likeness (QED) is 0.754. The summed E-state index contributed by atoms with van der Waals surface area (Å²) in [6, 6.07) is 7.40. The van der Waals surface area contributed by atoms with E-state index >= 15 is 0 Å². The number of nitrogens with zero attached hydrogens (tertiary/aromatic N) is 1. The molecule has 7 heteroatoms. The number of sulfonamides is 1. The molecule has 1 fully saturated rings. The van der Waals surface area contributed by atoms with E-state index in [1.54, 1.807) is 11.0 Å². The first-order valence-electron chi connectivity index (χ1n) is 6.88. The standard InChI is InChI=1S/C14H19IN2O3S/c1-21(19,20)16-10-13-7-2-3-8-17(13)14(18)11-5-4-6-12(15)9-11/h4-6,9,13,16H,2-3,7-8,10H2,1H3/t13-/m0/s1. The van der Waals surface area contributed by atoms with Gasteiger partial charge in [-0.25, -0.2) is 13.1 Å². The maximum Gasteiger partial charge on any atom is 0.254 e. The Labute approximate surface area is 139 Å². The fourth-order valence-electron chi connectivity index (χ4n) is 2.52. The molecule has 0 aromatic heterocycles. The highest BCUT2D eigenvalue weighted by atomic mass is 127. The van der Waals surface area contributed by atoms with Gasteiger partial charge in [-0.05, 0) is 60.1 Å². The van der Waals surface area contributed by atoms with Crippen LogP contribution in [0.4, 0.5) is 0 Å². The number of hydrogen-bond donors (Lipinski definition) is 1. The molecule has 0 unspecified atom stereocenters. The molecule has 1 saturated heterocycles.